The number of likely N-dealkylation sites (N-methyl/N-ethyl adjacent to an activating group) is 1. The van der Waals surface area contributed by atoms with E-state index in [2.05, 4.69) is 10.6 Å². The minimum Gasteiger partial charge on any atom is -0.491 e. The molecule has 1 amide bonds. The van der Waals surface area contributed by atoms with E-state index in [1.807, 2.05) is 38.1 Å². The van der Waals surface area contributed by atoms with Crippen LogP contribution < -0.4 is 15.4 Å². The molecular formula is C13H20N2O2. The molecule has 1 aromatic carbocycles. The summed E-state index contributed by atoms with van der Waals surface area (Å²) in [4.78, 5) is 11.0. The Labute approximate surface area is 102 Å². The molecule has 0 heterocycles. The Morgan fingerprint density at radius 1 is 1.41 bits per heavy atom. The molecule has 0 aliphatic heterocycles. The van der Waals surface area contributed by atoms with Crippen molar-refractivity contribution >= 4 is 5.91 Å². The van der Waals surface area contributed by atoms with Crippen molar-refractivity contribution < 1.29 is 9.53 Å². The van der Waals surface area contributed by atoms with Crippen molar-refractivity contribution in [3.63, 3.8) is 0 Å². The summed E-state index contributed by atoms with van der Waals surface area (Å²) in [6, 6.07) is 7.87. The molecule has 0 unspecified atom stereocenters. The second-order valence-electron chi connectivity index (χ2n) is 4.09. The molecule has 0 spiro atoms. The summed E-state index contributed by atoms with van der Waals surface area (Å²) in [7, 11) is 1.63. The van der Waals surface area contributed by atoms with Crippen LogP contribution in [0.15, 0.2) is 24.3 Å². The maximum absolute atomic E-state index is 11.0. The van der Waals surface area contributed by atoms with E-state index in [1.165, 1.54) is 0 Å². The molecule has 4 nitrogen and oxygen atoms in total. The van der Waals surface area contributed by atoms with Gasteiger partial charge in [-0.25, -0.2) is 0 Å². The Bertz CT molecular complexity index is 364. The predicted octanol–water partition coefficient (Wildman–Crippen LogP) is 1.31. The van der Waals surface area contributed by atoms with Crippen LogP contribution in [0.25, 0.3) is 0 Å². The molecule has 2 N–H and O–H groups in total. The fourth-order valence-electron chi connectivity index (χ4n) is 1.41. The molecule has 0 fully saturated rings. The molecule has 0 aromatic heterocycles. The summed E-state index contributed by atoms with van der Waals surface area (Å²) < 4.78 is 5.60. The second kappa shape index (κ2) is 6.91. The molecule has 0 aliphatic rings. The van der Waals surface area contributed by atoms with Gasteiger partial charge >= 0.3 is 0 Å². The number of carbonyl (C=O) groups excluding carboxylic acids is 1. The predicted molar refractivity (Wildman–Crippen MR) is 68.0 cm³/mol. The molecule has 4 heteroatoms. The van der Waals surface area contributed by atoms with Gasteiger partial charge in [0.05, 0.1) is 12.6 Å². The van der Waals surface area contributed by atoms with Gasteiger partial charge in [-0.3, -0.25) is 4.79 Å². The van der Waals surface area contributed by atoms with Crippen LogP contribution in [0.3, 0.4) is 0 Å². The zero-order valence-electron chi connectivity index (χ0n) is 10.6. The lowest BCUT2D eigenvalue weighted by Crippen LogP contribution is -2.30. The minimum absolute atomic E-state index is 0.0143. The number of amides is 1. The van der Waals surface area contributed by atoms with Crippen LogP contribution in [0, 0.1) is 0 Å². The van der Waals surface area contributed by atoms with E-state index in [0.29, 0.717) is 13.1 Å². The first kappa shape index (κ1) is 13.5. The van der Waals surface area contributed by atoms with Crippen molar-refractivity contribution in [3.8, 4) is 5.75 Å². The average molecular weight is 236 g/mol. The van der Waals surface area contributed by atoms with Crippen molar-refractivity contribution in [2.75, 3.05) is 13.6 Å². The van der Waals surface area contributed by atoms with E-state index in [1.54, 1.807) is 7.05 Å². The van der Waals surface area contributed by atoms with Crippen molar-refractivity contribution in [3.05, 3.63) is 29.8 Å². The number of ether oxygens (including phenoxy) is 1. The Morgan fingerprint density at radius 2 is 2.18 bits per heavy atom. The zero-order chi connectivity index (χ0) is 12.7. The van der Waals surface area contributed by atoms with E-state index in [4.69, 9.17) is 4.74 Å². The van der Waals surface area contributed by atoms with Crippen molar-refractivity contribution in [2.45, 2.75) is 26.5 Å². The molecule has 0 bridgehead atoms. The fraction of sp³-hybridized carbons (Fsp3) is 0.462. The summed E-state index contributed by atoms with van der Waals surface area (Å²) in [6.45, 7) is 4.97. The Hall–Kier alpha value is -1.55. The summed E-state index contributed by atoms with van der Waals surface area (Å²) in [6.07, 6.45) is 0.170. The first-order valence-electron chi connectivity index (χ1n) is 5.78. The number of hydrogen-bond acceptors (Lipinski definition) is 3. The third kappa shape index (κ3) is 5.36. The largest absolute Gasteiger partial charge is 0.491 e. The SMILES string of the molecule is CNC(=O)CNCc1cccc(OC(C)C)c1. The van der Waals surface area contributed by atoms with Gasteiger partial charge in [-0.05, 0) is 31.5 Å². The fourth-order valence-corrected chi connectivity index (χ4v) is 1.41. The van der Waals surface area contributed by atoms with Gasteiger partial charge in [-0.1, -0.05) is 12.1 Å². The monoisotopic (exact) mass is 236 g/mol. The van der Waals surface area contributed by atoms with Crippen LogP contribution in [0.2, 0.25) is 0 Å². The highest BCUT2D eigenvalue weighted by atomic mass is 16.5. The van der Waals surface area contributed by atoms with Crippen LogP contribution in [-0.2, 0) is 11.3 Å². The summed E-state index contributed by atoms with van der Waals surface area (Å²) >= 11 is 0. The summed E-state index contributed by atoms with van der Waals surface area (Å²) in [5, 5.41) is 5.63. The van der Waals surface area contributed by atoms with Crippen molar-refractivity contribution in [1.82, 2.24) is 10.6 Å². The Kier molecular flexibility index (Phi) is 5.49. The lowest BCUT2D eigenvalue weighted by molar-refractivity contribution is -0.119. The lowest BCUT2D eigenvalue weighted by atomic mass is 10.2. The van der Waals surface area contributed by atoms with Gasteiger partial charge < -0.3 is 15.4 Å². The van der Waals surface area contributed by atoms with E-state index < -0.39 is 0 Å². The second-order valence-corrected chi connectivity index (χ2v) is 4.09. The third-order valence-corrected chi connectivity index (χ3v) is 2.16. The molecule has 94 valence electrons. The molecule has 17 heavy (non-hydrogen) atoms. The lowest BCUT2D eigenvalue weighted by Gasteiger charge is -2.11. The van der Waals surface area contributed by atoms with Crippen molar-refractivity contribution in [1.29, 1.82) is 0 Å². The molecular weight excluding hydrogens is 216 g/mol. The number of hydrogen-bond donors (Lipinski definition) is 2. The topological polar surface area (TPSA) is 50.4 Å². The smallest absolute Gasteiger partial charge is 0.233 e. The Morgan fingerprint density at radius 3 is 2.82 bits per heavy atom. The summed E-state index contributed by atoms with van der Waals surface area (Å²) in [5.74, 6) is 0.846. The van der Waals surface area contributed by atoms with Crippen LogP contribution in [0.1, 0.15) is 19.4 Å². The standard InChI is InChI=1S/C13H20N2O2/c1-10(2)17-12-6-4-5-11(7-12)8-15-9-13(16)14-3/h4-7,10,15H,8-9H2,1-3H3,(H,14,16). The van der Waals surface area contributed by atoms with Gasteiger partial charge in [-0.2, -0.15) is 0 Å². The molecule has 0 saturated heterocycles. The van der Waals surface area contributed by atoms with Gasteiger partial charge in [0.2, 0.25) is 5.91 Å². The average Bonchev–Trinajstić information content (AvgIpc) is 2.28. The number of benzene rings is 1. The van der Waals surface area contributed by atoms with E-state index in [0.717, 1.165) is 11.3 Å². The van der Waals surface area contributed by atoms with E-state index in [9.17, 15) is 4.79 Å². The van der Waals surface area contributed by atoms with Gasteiger partial charge in [-0.15, -0.1) is 0 Å². The number of carbonyl (C=O) groups is 1. The van der Waals surface area contributed by atoms with Gasteiger partial charge in [0.1, 0.15) is 5.75 Å². The maximum Gasteiger partial charge on any atom is 0.233 e. The molecule has 1 aromatic rings. The normalized spacial score (nSPS) is 10.4. The van der Waals surface area contributed by atoms with Crippen LogP contribution >= 0.6 is 0 Å². The van der Waals surface area contributed by atoms with Gasteiger partial charge in [0.15, 0.2) is 0 Å². The first-order valence-corrected chi connectivity index (χ1v) is 5.78. The molecule has 1 rings (SSSR count). The summed E-state index contributed by atoms with van der Waals surface area (Å²) in [5.41, 5.74) is 1.10. The highest BCUT2D eigenvalue weighted by Gasteiger charge is 2.00. The number of rotatable bonds is 6. The third-order valence-electron chi connectivity index (χ3n) is 2.16. The van der Waals surface area contributed by atoms with E-state index >= 15 is 0 Å². The van der Waals surface area contributed by atoms with Crippen LogP contribution in [0.5, 0.6) is 5.75 Å². The van der Waals surface area contributed by atoms with Crippen molar-refractivity contribution in [2.24, 2.45) is 0 Å². The molecule has 0 aliphatic carbocycles. The quantitative estimate of drug-likeness (QED) is 0.783. The van der Waals surface area contributed by atoms with Gasteiger partial charge in [0.25, 0.3) is 0 Å². The highest BCUT2D eigenvalue weighted by Crippen LogP contribution is 2.14. The molecule has 0 radical (unpaired) electrons. The highest BCUT2D eigenvalue weighted by molar-refractivity contribution is 5.77. The first-order chi connectivity index (χ1) is 8.11. The van der Waals surface area contributed by atoms with Crippen LogP contribution in [-0.4, -0.2) is 25.6 Å². The zero-order valence-corrected chi connectivity index (χ0v) is 10.6. The Balaban J connectivity index is 2.45. The molecule has 0 saturated carbocycles. The number of nitrogens with one attached hydrogen (secondary N) is 2. The minimum atomic E-state index is -0.0143. The van der Waals surface area contributed by atoms with Gasteiger partial charge in [0, 0.05) is 13.6 Å². The van der Waals surface area contributed by atoms with Crippen LogP contribution in [0.4, 0.5) is 0 Å². The maximum atomic E-state index is 11.0. The van der Waals surface area contributed by atoms with E-state index in [-0.39, 0.29) is 12.0 Å². The molecule has 0 atom stereocenters.